The second kappa shape index (κ2) is 6.28. The van der Waals surface area contributed by atoms with Gasteiger partial charge in [-0.2, -0.15) is 4.39 Å². The van der Waals surface area contributed by atoms with Gasteiger partial charge in [0, 0.05) is 0 Å². The van der Waals surface area contributed by atoms with Gasteiger partial charge in [0.2, 0.25) is 5.82 Å². The highest BCUT2D eigenvalue weighted by molar-refractivity contribution is 5.75. The molecule has 0 amide bonds. The minimum absolute atomic E-state index is 0.218. The molecule has 8 heteroatoms. The number of carbonyl (C=O) groups excluding carboxylic acids is 1. The van der Waals surface area contributed by atoms with Crippen molar-refractivity contribution in [2.75, 3.05) is 0 Å². The van der Waals surface area contributed by atoms with E-state index in [1.165, 1.54) is 0 Å². The van der Waals surface area contributed by atoms with Crippen LogP contribution in [0.2, 0.25) is 0 Å². The van der Waals surface area contributed by atoms with E-state index in [1.807, 2.05) is 13.8 Å². The minimum atomic E-state index is -1.14. The normalized spacial score (nSPS) is 12.5. The summed E-state index contributed by atoms with van der Waals surface area (Å²) in [5, 5.41) is 0. The Morgan fingerprint density at radius 3 is 2.74 bits per heavy atom. The number of aromatic nitrogens is 2. The van der Waals surface area contributed by atoms with Crippen molar-refractivity contribution in [3.8, 4) is 0 Å². The zero-order valence-corrected chi connectivity index (χ0v) is 10.7. The quantitative estimate of drug-likeness (QED) is 0.706. The van der Waals surface area contributed by atoms with E-state index < -0.39 is 35.8 Å². The topological polar surface area (TPSA) is 107 Å². The first-order valence-corrected chi connectivity index (χ1v) is 5.72. The minimum Gasteiger partial charge on any atom is -0.443 e. The number of hydrogen-bond acceptors (Lipinski definition) is 5. The summed E-state index contributed by atoms with van der Waals surface area (Å²) >= 11 is 0. The van der Waals surface area contributed by atoms with E-state index >= 15 is 0 Å². The van der Waals surface area contributed by atoms with Crippen molar-refractivity contribution in [2.45, 2.75) is 33.0 Å². The van der Waals surface area contributed by atoms with Crippen molar-refractivity contribution < 1.29 is 13.9 Å². The Kier molecular flexibility index (Phi) is 4.99. The number of H-pyrrole nitrogens is 1. The number of hydrogen-bond donors (Lipinski definition) is 2. The first-order chi connectivity index (χ1) is 8.81. The third kappa shape index (κ3) is 4.32. The lowest BCUT2D eigenvalue weighted by atomic mass is 10.1. The Labute approximate surface area is 108 Å². The molecule has 0 unspecified atom stereocenters. The molecule has 1 aromatic heterocycles. The maximum absolute atomic E-state index is 12.9. The third-order valence-electron chi connectivity index (χ3n) is 2.34. The number of nitrogens with two attached hydrogens (primary N) is 1. The number of rotatable bonds is 5. The van der Waals surface area contributed by atoms with Crippen molar-refractivity contribution in [3.63, 3.8) is 0 Å². The number of nitrogens with one attached hydrogen (secondary N) is 1. The first-order valence-electron chi connectivity index (χ1n) is 5.72. The molecule has 1 rings (SSSR count). The second-order valence-corrected chi connectivity index (χ2v) is 4.53. The maximum atomic E-state index is 12.9. The van der Waals surface area contributed by atoms with Crippen molar-refractivity contribution in [2.24, 2.45) is 11.7 Å². The summed E-state index contributed by atoms with van der Waals surface area (Å²) in [7, 11) is 0. The monoisotopic (exact) mass is 273 g/mol. The van der Waals surface area contributed by atoms with Crippen molar-refractivity contribution in [1.29, 1.82) is 0 Å². The highest BCUT2D eigenvalue weighted by atomic mass is 19.1. The summed E-state index contributed by atoms with van der Waals surface area (Å²) in [6.07, 6.45) is 1.11. The summed E-state index contributed by atoms with van der Waals surface area (Å²) in [5.41, 5.74) is 3.60. The van der Waals surface area contributed by atoms with Crippen molar-refractivity contribution in [1.82, 2.24) is 9.55 Å². The van der Waals surface area contributed by atoms with E-state index in [4.69, 9.17) is 10.5 Å². The highest BCUT2D eigenvalue weighted by Gasteiger charge is 2.16. The fourth-order valence-corrected chi connectivity index (χ4v) is 1.42. The lowest BCUT2D eigenvalue weighted by molar-refractivity contribution is -0.149. The molecule has 0 aliphatic heterocycles. The summed E-state index contributed by atoms with van der Waals surface area (Å²) in [5.74, 6) is -1.61. The van der Waals surface area contributed by atoms with Gasteiger partial charge < -0.3 is 10.5 Å². The van der Waals surface area contributed by atoms with Gasteiger partial charge in [0.05, 0.1) is 6.20 Å². The number of aromatic amines is 1. The molecule has 0 saturated heterocycles. The van der Waals surface area contributed by atoms with Gasteiger partial charge in [0.15, 0.2) is 6.73 Å². The first kappa shape index (κ1) is 15.1. The van der Waals surface area contributed by atoms with Crippen LogP contribution in [0.15, 0.2) is 15.8 Å². The Hall–Kier alpha value is -1.96. The van der Waals surface area contributed by atoms with Gasteiger partial charge in [-0.25, -0.2) is 4.79 Å². The molecule has 7 nitrogen and oxygen atoms in total. The molecule has 0 fully saturated rings. The van der Waals surface area contributed by atoms with Crippen LogP contribution in [-0.4, -0.2) is 21.6 Å². The number of esters is 1. The molecular formula is C11H16FN3O4. The van der Waals surface area contributed by atoms with Crippen LogP contribution in [0.3, 0.4) is 0 Å². The molecule has 0 spiro atoms. The fourth-order valence-electron chi connectivity index (χ4n) is 1.42. The summed E-state index contributed by atoms with van der Waals surface area (Å²) in [6, 6.07) is -0.802. The van der Waals surface area contributed by atoms with Gasteiger partial charge in [-0.3, -0.25) is 19.1 Å². The number of carbonyl (C=O) groups is 1. The molecule has 19 heavy (non-hydrogen) atoms. The van der Waals surface area contributed by atoms with Crippen LogP contribution >= 0.6 is 0 Å². The van der Waals surface area contributed by atoms with Crippen LogP contribution in [0, 0.1) is 11.7 Å². The van der Waals surface area contributed by atoms with E-state index in [2.05, 4.69) is 0 Å². The molecule has 3 N–H and O–H groups in total. The van der Waals surface area contributed by atoms with Crippen LogP contribution in [0.1, 0.15) is 20.3 Å². The SMILES string of the molecule is CC(C)C[C@H](N)C(=O)OCn1cc(F)c(=O)[nH]c1=O. The molecule has 0 bridgehead atoms. The van der Waals surface area contributed by atoms with Gasteiger partial charge in [0.1, 0.15) is 6.04 Å². The van der Waals surface area contributed by atoms with Crippen molar-refractivity contribution in [3.05, 3.63) is 32.9 Å². The molecule has 0 aliphatic carbocycles. The molecule has 106 valence electrons. The summed E-state index contributed by atoms with van der Waals surface area (Å²) in [6.45, 7) is 3.29. The Morgan fingerprint density at radius 1 is 1.53 bits per heavy atom. The molecule has 0 radical (unpaired) electrons. The van der Waals surface area contributed by atoms with Crippen LogP contribution in [0.25, 0.3) is 0 Å². The van der Waals surface area contributed by atoms with Gasteiger partial charge in [-0.05, 0) is 12.3 Å². The van der Waals surface area contributed by atoms with Gasteiger partial charge in [-0.1, -0.05) is 13.8 Å². The largest absolute Gasteiger partial charge is 0.443 e. The zero-order chi connectivity index (χ0) is 14.6. The molecular weight excluding hydrogens is 257 g/mol. The highest BCUT2D eigenvalue weighted by Crippen LogP contribution is 2.04. The molecule has 0 aliphatic rings. The van der Waals surface area contributed by atoms with E-state index in [1.54, 1.807) is 4.98 Å². The van der Waals surface area contributed by atoms with Crippen LogP contribution in [0.4, 0.5) is 4.39 Å². The molecule has 1 heterocycles. The molecule has 0 saturated carbocycles. The number of nitrogens with zero attached hydrogens (tertiary/aromatic N) is 1. The van der Waals surface area contributed by atoms with Gasteiger partial charge >= 0.3 is 11.7 Å². The standard InChI is InChI=1S/C11H16FN3O4/c1-6(2)3-8(13)10(17)19-5-15-4-7(12)9(16)14-11(15)18/h4,6,8H,3,5,13H2,1-2H3,(H,14,16,18)/t8-/m0/s1. The maximum Gasteiger partial charge on any atom is 0.331 e. The van der Waals surface area contributed by atoms with Crippen LogP contribution in [-0.2, 0) is 16.3 Å². The number of halogens is 1. The second-order valence-electron chi connectivity index (χ2n) is 4.53. The Morgan fingerprint density at radius 2 is 2.16 bits per heavy atom. The summed E-state index contributed by atoms with van der Waals surface area (Å²) < 4.78 is 18.5. The lowest BCUT2D eigenvalue weighted by Gasteiger charge is -2.13. The van der Waals surface area contributed by atoms with Crippen LogP contribution < -0.4 is 17.0 Å². The third-order valence-corrected chi connectivity index (χ3v) is 2.34. The fraction of sp³-hybridized carbons (Fsp3) is 0.545. The van der Waals surface area contributed by atoms with E-state index in [0.29, 0.717) is 12.6 Å². The summed E-state index contributed by atoms with van der Waals surface area (Å²) in [4.78, 5) is 35.3. The molecule has 1 aromatic rings. The smallest absolute Gasteiger partial charge is 0.331 e. The van der Waals surface area contributed by atoms with E-state index in [-0.39, 0.29) is 5.92 Å². The van der Waals surface area contributed by atoms with Gasteiger partial charge in [-0.15, -0.1) is 0 Å². The average molecular weight is 273 g/mol. The predicted molar refractivity (Wildman–Crippen MR) is 64.8 cm³/mol. The predicted octanol–water partition coefficient (Wildman–Crippen LogP) is -0.450. The Bertz CT molecular complexity index is 564. The molecule has 1 atom stereocenters. The van der Waals surface area contributed by atoms with E-state index in [0.717, 1.165) is 4.57 Å². The van der Waals surface area contributed by atoms with Crippen LogP contribution in [0.5, 0.6) is 0 Å². The average Bonchev–Trinajstić information content (AvgIpc) is 2.30. The lowest BCUT2D eigenvalue weighted by Crippen LogP contribution is -2.36. The van der Waals surface area contributed by atoms with E-state index in [9.17, 15) is 18.8 Å². The Balaban J connectivity index is 2.67. The molecule has 0 aromatic carbocycles. The van der Waals surface area contributed by atoms with Crippen molar-refractivity contribution >= 4 is 5.97 Å². The zero-order valence-electron chi connectivity index (χ0n) is 10.7. The van der Waals surface area contributed by atoms with Gasteiger partial charge in [0.25, 0.3) is 5.56 Å². The number of ether oxygens (including phenoxy) is 1.